The number of ketones is 1. The molecule has 0 bridgehead atoms. The van der Waals surface area contributed by atoms with Crippen LogP contribution in [0.4, 0.5) is 8.78 Å². The van der Waals surface area contributed by atoms with Gasteiger partial charge >= 0.3 is 0 Å². The minimum absolute atomic E-state index is 0.0389. The number of halogens is 2. The van der Waals surface area contributed by atoms with E-state index in [1.165, 1.54) is 0 Å². The number of hydrogen-bond donors (Lipinski definition) is 0. The topological polar surface area (TPSA) is 26.3 Å². The van der Waals surface area contributed by atoms with Crippen molar-refractivity contribution in [3.63, 3.8) is 0 Å². The van der Waals surface area contributed by atoms with Gasteiger partial charge in [-0.3, -0.25) is 4.79 Å². The van der Waals surface area contributed by atoms with Crippen LogP contribution in [0.25, 0.3) is 0 Å². The van der Waals surface area contributed by atoms with E-state index in [4.69, 9.17) is 4.74 Å². The molecule has 1 aromatic rings. The van der Waals surface area contributed by atoms with Gasteiger partial charge in [0, 0.05) is 18.1 Å². The second-order valence-corrected chi connectivity index (χ2v) is 3.75. The summed E-state index contributed by atoms with van der Waals surface area (Å²) in [6, 6.07) is 2.79. The molecule has 0 amide bonds. The van der Waals surface area contributed by atoms with Gasteiger partial charge in [0.2, 0.25) is 0 Å². The third kappa shape index (κ3) is 4.06. The van der Waals surface area contributed by atoms with Gasteiger partial charge in [-0.05, 0) is 26.0 Å². The fourth-order valence-electron chi connectivity index (χ4n) is 1.25. The highest BCUT2D eigenvalue weighted by molar-refractivity contribution is 5.96. The molecule has 0 aromatic heterocycles. The molecule has 0 heterocycles. The van der Waals surface area contributed by atoms with Gasteiger partial charge in [0.1, 0.15) is 11.6 Å². The van der Waals surface area contributed by atoms with Crippen LogP contribution in [0, 0.1) is 11.6 Å². The summed E-state index contributed by atoms with van der Waals surface area (Å²) in [6.07, 6.45) is 0.165. The predicted octanol–water partition coefficient (Wildman–Crippen LogP) is 2.96. The van der Waals surface area contributed by atoms with Crippen molar-refractivity contribution >= 4 is 5.78 Å². The van der Waals surface area contributed by atoms with Gasteiger partial charge in [0.05, 0.1) is 12.7 Å². The van der Waals surface area contributed by atoms with E-state index in [1.807, 2.05) is 13.8 Å². The number of carbonyl (C=O) groups excluding carboxylic acids is 1. The Morgan fingerprint density at radius 2 is 1.81 bits per heavy atom. The summed E-state index contributed by atoms with van der Waals surface area (Å²) in [4.78, 5) is 11.5. The standard InChI is InChI=1S/C12H14F2O2/c1-8(2)16-4-3-12(15)9-5-10(13)7-11(14)6-9/h5-8H,3-4H2,1-2H3. The molecule has 1 aromatic carbocycles. The maximum absolute atomic E-state index is 12.8. The summed E-state index contributed by atoms with van der Waals surface area (Å²) in [7, 11) is 0. The minimum Gasteiger partial charge on any atom is -0.378 e. The van der Waals surface area contributed by atoms with Crippen LogP contribution in [0.3, 0.4) is 0 Å². The normalized spacial score (nSPS) is 10.8. The first-order chi connectivity index (χ1) is 7.49. The van der Waals surface area contributed by atoms with Crippen molar-refractivity contribution in [2.75, 3.05) is 6.61 Å². The Hall–Kier alpha value is -1.29. The smallest absolute Gasteiger partial charge is 0.165 e. The molecule has 1 rings (SSSR count). The summed E-state index contributed by atoms with van der Waals surface area (Å²) >= 11 is 0. The molecule has 88 valence electrons. The lowest BCUT2D eigenvalue weighted by atomic mass is 10.1. The fourth-order valence-corrected chi connectivity index (χ4v) is 1.25. The summed E-state index contributed by atoms with van der Waals surface area (Å²) in [6.45, 7) is 3.97. The van der Waals surface area contributed by atoms with Gasteiger partial charge < -0.3 is 4.74 Å². The fraction of sp³-hybridized carbons (Fsp3) is 0.417. The van der Waals surface area contributed by atoms with E-state index in [1.54, 1.807) is 0 Å². The Balaban J connectivity index is 2.59. The van der Waals surface area contributed by atoms with Crippen molar-refractivity contribution in [2.45, 2.75) is 26.4 Å². The molecule has 0 saturated heterocycles. The van der Waals surface area contributed by atoms with E-state index in [-0.39, 0.29) is 30.5 Å². The summed E-state index contributed by atoms with van der Waals surface area (Å²) in [5.74, 6) is -1.81. The predicted molar refractivity (Wildman–Crippen MR) is 56.4 cm³/mol. The highest BCUT2D eigenvalue weighted by atomic mass is 19.1. The largest absolute Gasteiger partial charge is 0.378 e. The molecule has 0 aliphatic carbocycles. The molecule has 0 radical (unpaired) electrons. The molecule has 0 saturated carbocycles. The van der Waals surface area contributed by atoms with E-state index in [0.717, 1.165) is 18.2 Å². The van der Waals surface area contributed by atoms with E-state index in [2.05, 4.69) is 0 Å². The maximum atomic E-state index is 12.8. The van der Waals surface area contributed by atoms with Crippen LogP contribution in [0.5, 0.6) is 0 Å². The highest BCUT2D eigenvalue weighted by Gasteiger charge is 2.09. The molecule has 2 nitrogen and oxygen atoms in total. The van der Waals surface area contributed by atoms with Crippen molar-refractivity contribution in [3.8, 4) is 0 Å². The lowest BCUT2D eigenvalue weighted by Crippen LogP contribution is -2.09. The number of rotatable bonds is 5. The zero-order valence-electron chi connectivity index (χ0n) is 9.30. The Kier molecular flexibility index (Phi) is 4.55. The van der Waals surface area contributed by atoms with Gasteiger partial charge in [-0.1, -0.05) is 0 Å². The van der Waals surface area contributed by atoms with Crippen LogP contribution in [0.2, 0.25) is 0 Å². The Labute approximate surface area is 93.2 Å². The van der Waals surface area contributed by atoms with Crippen molar-refractivity contribution in [2.24, 2.45) is 0 Å². The number of carbonyl (C=O) groups is 1. The zero-order chi connectivity index (χ0) is 12.1. The Bertz CT molecular complexity index is 355. The van der Waals surface area contributed by atoms with Crippen LogP contribution >= 0.6 is 0 Å². The molecule has 0 N–H and O–H groups in total. The minimum atomic E-state index is -0.742. The summed E-state index contributed by atoms with van der Waals surface area (Å²) < 4.78 is 30.8. The van der Waals surface area contributed by atoms with E-state index in [0.29, 0.717) is 0 Å². The lowest BCUT2D eigenvalue weighted by molar-refractivity contribution is 0.0677. The third-order valence-corrected chi connectivity index (χ3v) is 1.96. The average molecular weight is 228 g/mol. The molecular weight excluding hydrogens is 214 g/mol. The number of benzene rings is 1. The SMILES string of the molecule is CC(C)OCCC(=O)c1cc(F)cc(F)c1. The molecule has 0 unspecified atom stereocenters. The van der Waals surface area contributed by atoms with Crippen molar-refractivity contribution < 1.29 is 18.3 Å². The van der Waals surface area contributed by atoms with Gasteiger partial charge in [0.25, 0.3) is 0 Å². The molecule has 0 atom stereocenters. The third-order valence-electron chi connectivity index (χ3n) is 1.96. The first-order valence-electron chi connectivity index (χ1n) is 5.10. The second kappa shape index (κ2) is 5.70. The van der Waals surface area contributed by atoms with Gasteiger partial charge in [0.15, 0.2) is 5.78 Å². The van der Waals surface area contributed by atoms with Gasteiger partial charge in [-0.25, -0.2) is 8.78 Å². The highest BCUT2D eigenvalue weighted by Crippen LogP contribution is 2.10. The zero-order valence-corrected chi connectivity index (χ0v) is 9.30. The second-order valence-electron chi connectivity index (χ2n) is 3.75. The number of Topliss-reactive ketones (excluding diaryl/α,β-unsaturated/α-hetero) is 1. The van der Waals surface area contributed by atoms with Gasteiger partial charge in [-0.15, -0.1) is 0 Å². The van der Waals surface area contributed by atoms with Gasteiger partial charge in [-0.2, -0.15) is 0 Å². The summed E-state index contributed by atoms with van der Waals surface area (Å²) in [5, 5.41) is 0. The molecule has 0 spiro atoms. The quantitative estimate of drug-likeness (QED) is 0.724. The molecule has 0 fully saturated rings. The van der Waals surface area contributed by atoms with Crippen molar-refractivity contribution in [1.29, 1.82) is 0 Å². The molecular formula is C12H14F2O2. The molecule has 4 heteroatoms. The van der Waals surface area contributed by atoms with Crippen LogP contribution in [0.1, 0.15) is 30.6 Å². The first kappa shape index (κ1) is 12.8. The summed E-state index contributed by atoms with van der Waals surface area (Å²) in [5.41, 5.74) is 0.0462. The average Bonchev–Trinajstić information content (AvgIpc) is 2.15. The molecule has 16 heavy (non-hydrogen) atoms. The van der Waals surface area contributed by atoms with Crippen LogP contribution in [-0.4, -0.2) is 18.5 Å². The number of hydrogen-bond acceptors (Lipinski definition) is 2. The Morgan fingerprint density at radius 1 is 1.25 bits per heavy atom. The monoisotopic (exact) mass is 228 g/mol. The Morgan fingerprint density at radius 3 is 2.31 bits per heavy atom. The van der Waals surface area contributed by atoms with Crippen molar-refractivity contribution in [3.05, 3.63) is 35.4 Å². The number of ether oxygens (including phenoxy) is 1. The lowest BCUT2D eigenvalue weighted by Gasteiger charge is -2.06. The molecule has 0 aliphatic rings. The first-order valence-corrected chi connectivity index (χ1v) is 5.10. The van der Waals surface area contributed by atoms with Crippen LogP contribution < -0.4 is 0 Å². The van der Waals surface area contributed by atoms with Crippen LogP contribution in [0.15, 0.2) is 18.2 Å². The van der Waals surface area contributed by atoms with E-state index >= 15 is 0 Å². The van der Waals surface area contributed by atoms with Crippen LogP contribution in [-0.2, 0) is 4.74 Å². The van der Waals surface area contributed by atoms with E-state index < -0.39 is 11.6 Å². The maximum Gasteiger partial charge on any atom is 0.165 e. The van der Waals surface area contributed by atoms with Crippen molar-refractivity contribution in [1.82, 2.24) is 0 Å². The molecule has 0 aliphatic heterocycles. The van der Waals surface area contributed by atoms with E-state index in [9.17, 15) is 13.6 Å².